The van der Waals surface area contributed by atoms with E-state index in [1.807, 2.05) is 0 Å². The van der Waals surface area contributed by atoms with E-state index in [1.165, 1.54) is 0 Å². The number of para-hydroxylation sites is 1. The van der Waals surface area contributed by atoms with Crippen molar-refractivity contribution in [3.63, 3.8) is 0 Å². The van der Waals surface area contributed by atoms with Crippen LogP contribution in [0.1, 0.15) is 20.8 Å². The first kappa shape index (κ1) is 17.8. The van der Waals surface area contributed by atoms with Gasteiger partial charge < -0.3 is 4.74 Å². The second-order valence-electron chi connectivity index (χ2n) is 6.09. The number of nitrogens with one attached hydrogen (secondary N) is 1. The minimum Gasteiger partial charge on any atom is -0.442 e. The van der Waals surface area contributed by atoms with Crippen LogP contribution in [-0.2, 0) is 20.6 Å². The molecule has 23 heavy (non-hydrogen) atoms. The molecule has 0 bridgehead atoms. The number of quaternary nitrogens is 1. The highest BCUT2D eigenvalue weighted by molar-refractivity contribution is 7.83. The van der Waals surface area contributed by atoms with Crippen LogP contribution in [0.15, 0.2) is 29.2 Å². The molecule has 1 aliphatic heterocycles. The molecule has 2 atom stereocenters. The highest BCUT2D eigenvalue weighted by atomic mass is 32.2. The van der Waals surface area contributed by atoms with Gasteiger partial charge >= 0.3 is 6.09 Å². The first-order valence-corrected chi connectivity index (χ1v) is 8.33. The molecule has 2 rings (SSSR count). The Balaban J connectivity index is 1.93. The SMILES string of the molecule is CC(C)(C)OC(=O)N1CC(NS(=O)c2ccccc2[NH2+]O)CO1. The van der Waals surface area contributed by atoms with Gasteiger partial charge in [-0.3, -0.25) is 4.84 Å². The maximum Gasteiger partial charge on any atom is 0.434 e. The van der Waals surface area contributed by atoms with Crippen molar-refractivity contribution in [2.24, 2.45) is 0 Å². The van der Waals surface area contributed by atoms with Crippen molar-refractivity contribution in [2.75, 3.05) is 13.2 Å². The van der Waals surface area contributed by atoms with Gasteiger partial charge in [0.1, 0.15) is 21.5 Å². The summed E-state index contributed by atoms with van der Waals surface area (Å²) in [6.07, 6.45) is -0.573. The number of rotatable bonds is 4. The molecular weight excluding hydrogens is 322 g/mol. The summed E-state index contributed by atoms with van der Waals surface area (Å²) in [5.41, 5.74) is 0.777. The average molecular weight is 344 g/mol. The van der Waals surface area contributed by atoms with Gasteiger partial charge in [0.05, 0.1) is 19.2 Å². The van der Waals surface area contributed by atoms with Crippen LogP contribution in [0.5, 0.6) is 0 Å². The van der Waals surface area contributed by atoms with Gasteiger partial charge in [-0.2, -0.15) is 10.5 Å². The Bertz CT molecular complexity index is 590. The van der Waals surface area contributed by atoms with Crippen molar-refractivity contribution in [1.82, 2.24) is 9.79 Å². The van der Waals surface area contributed by atoms with Crippen molar-refractivity contribution >= 4 is 22.8 Å². The van der Waals surface area contributed by atoms with Crippen LogP contribution in [0.4, 0.5) is 10.5 Å². The smallest absolute Gasteiger partial charge is 0.434 e. The summed E-state index contributed by atoms with van der Waals surface area (Å²) in [5, 5.41) is 10.3. The fourth-order valence-corrected chi connectivity index (χ4v) is 3.08. The molecule has 1 aromatic rings. The summed E-state index contributed by atoms with van der Waals surface area (Å²) in [6.45, 7) is 5.75. The van der Waals surface area contributed by atoms with Crippen molar-refractivity contribution in [2.45, 2.75) is 37.3 Å². The van der Waals surface area contributed by atoms with Crippen LogP contribution in [0.2, 0.25) is 0 Å². The van der Waals surface area contributed by atoms with Gasteiger partial charge in [0.2, 0.25) is 0 Å². The van der Waals surface area contributed by atoms with Gasteiger partial charge in [-0.1, -0.05) is 12.1 Å². The van der Waals surface area contributed by atoms with Gasteiger partial charge in [-0.25, -0.2) is 18.9 Å². The molecular formula is C14H22N3O5S+. The van der Waals surface area contributed by atoms with E-state index in [9.17, 15) is 9.00 Å². The summed E-state index contributed by atoms with van der Waals surface area (Å²) in [5.74, 6) is 0. The minimum absolute atomic E-state index is 0.204. The van der Waals surface area contributed by atoms with Crippen LogP contribution in [0.3, 0.4) is 0 Å². The highest BCUT2D eigenvalue weighted by Gasteiger charge is 2.32. The number of hydrogen-bond donors (Lipinski definition) is 3. The number of carbonyl (C=O) groups is 1. The molecule has 4 N–H and O–H groups in total. The fourth-order valence-electron chi connectivity index (χ4n) is 1.97. The Morgan fingerprint density at radius 1 is 1.48 bits per heavy atom. The number of carbonyl (C=O) groups excluding carboxylic acids is 1. The zero-order valence-corrected chi connectivity index (χ0v) is 14.1. The lowest BCUT2D eigenvalue weighted by molar-refractivity contribution is -0.827. The first-order chi connectivity index (χ1) is 10.8. The van der Waals surface area contributed by atoms with Gasteiger partial charge in [0.15, 0.2) is 5.69 Å². The summed E-state index contributed by atoms with van der Waals surface area (Å²) in [7, 11) is -1.53. The Kier molecular flexibility index (Phi) is 5.71. The largest absolute Gasteiger partial charge is 0.442 e. The molecule has 0 radical (unpaired) electrons. The van der Waals surface area contributed by atoms with E-state index < -0.39 is 22.7 Å². The van der Waals surface area contributed by atoms with Crippen LogP contribution >= 0.6 is 0 Å². The Hall–Kier alpha value is -1.52. The Labute approximate surface area is 137 Å². The standard InChI is InChI=1S/C14H21N3O5S/c1-14(2,3)22-13(18)17-8-10(9-21-17)16-23(20)12-7-5-4-6-11(12)15-19/h4-7,10,15-16,19H,8-9H2,1-3H3/p+1. The minimum atomic E-state index is -1.53. The third-order valence-corrected chi connectivity index (χ3v) is 4.27. The van der Waals surface area contributed by atoms with Gasteiger partial charge in [-0.15, -0.1) is 0 Å². The number of ether oxygens (including phenoxy) is 1. The molecule has 128 valence electrons. The number of benzene rings is 1. The second kappa shape index (κ2) is 7.37. The zero-order valence-electron chi connectivity index (χ0n) is 13.3. The molecule has 1 aliphatic rings. The summed E-state index contributed by atoms with van der Waals surface area (Å²) >= 11 is 0. The van der Waals surface area contributed by atoms with E-state index in [2.05, 4.69) is 4.72 Å². The Morgan fingerprint density at radius 3 is 2.83 bits per heavy atom. The van der Waals surface area contributed by atoms with E-state index in [4.69, 9.17) is 14.8 Å². The topological polar surface area (TPSA) is 105 Å². The van der Waals surface area contributed by atoms with E-state index >= 15 is 0 Å². The van der Waals surface area contributed by atoms with E-state index in [-0.39, 0.29) is 19.2 Å². The molecule has 2 unspecified atom stereocenters. The summed E-state index contributed by atoms with van der Waals surface area (Å²) < 4.78 is 20.5. The van der Waals surface area contributed by atoms with E-state index in [0.717, 1.165) is 10.5 Å². The third kappa shape index (κ3) is 4.98. The average Bonchev–Trinajstić information content (AvgIpc) is 2.94. The van der Waals surface area contributed by atoms with E-state index in [0.29, 0.717) is 10.6 Å². The summed E-state index contributed by atoms with van der Waals surface area (Å²) in [6, 6.07) is 6.50. The molecule has 0 aliphatic carbocycles. The highest BCUT2D eigenvalue weighted by Crippen LogP contribution is 2.17. The van der Waals surface area contributed by atoms with Gasteiger partial charge in [0, 0.05) is 6.07 Å². The number of nitrogens with zero attached hydrogens (tertiary/aromatic N) is 1. The monoisotopic (exact) mass is 344 g/mol. The molecule has 1 aromatic carbocycles. The quantitative estimate of drug-likeness (QED) is 0.543. The molecule has 1 saturated heterocycles. The first-order valence-electron chi connectivity index (χ1n) is 7.18. The lowest BCUT2D eigenvalue weighted by Gasteiger charge is -2.23. The summed E-state index contributed by atoms with van der Waals surface area (Å²) in [4.78, 5) is 17.6. The van der Waals surface area contributed by atoms with Crippen molar-refractivity contribution < 1.29 is 29.3 Å². The molecule has 9 heteroatoms. The van der Waals surface area contributed by atoms with Gasteiger partial charge in [-0.05, 0) is 26.8 Å². The molecule has 1 heterocycles. The molecule has 0 spiro atoms. The van der Waals surface area contributed by atoms with E-state index in [1.54, 1.807) is 45.0 Å². The van der Waals surface area contributed by atoms with Crippen molar-refractivity contribution in [1.29, 1.82) is 0 Å². The fraction of sp³-hybridized carbons (Fsp3) is 0.500. The Morgan fingerprint density at radius 2 is 2.17 bits per heavy atom. The molecule has 0 saturated carbocycles. The van der Waals surface area contributed by atoms with Crippen molar-refractivity contribution in [3.8, 4) is 0 Å². The predicted octanol–water partition coefficient (Wildman–Crippen LogP) is 0.434. The second-order valence-corrected chi connectivity index (χ2v) is 7.30. The van der Waals surface area contributed by atoms with Crippen LogP contribution in [0, 0.1) is 0 Å². The molecule has 1 fully saturated rings. The van der Waals surface area contributed by atoms with Crippen molar-refractivity contribution in [3.05, 3.63) is 24.3 Å². The molecule has 1 amide bonds. The number of nitrogens with two attached hydrogens (primary N) is 1. The predicted molar refractivity (Wildman–Crippen MR) is 82.0 cm³/mol. The molecule has 0 aromatic heterocycles. The number of hydroxylamine groups is 2. The van der Waals surface area contributed by atoms with Crippen LogP contribution in [0.25, 0.3) is 0 Å². The lowest BCUT2D eigenvalue weighted by Crippen LogP contribution is -2.74. The third-order valence-electron chi connectivity index (χ3n) is 2.95. The number of amides is 1. The van der Waals surface area contributed by atoms with Gasteiger partial charge in [0.25, 0.3) is 0 Å². The van der Waals surface area contributed by atoms with Crippen LogP contribution in [-0.4, -0.2) is 45.4 Å². The van der Waals surface area contributed by atoms with Crippen LogP contribution < -0.4 is 10.2 Å². The maximum absolute atomic E-state index is 12.4. The molecule has 8 nitrogen and oxygen atoms in total. The normalized spacial score (nSPS) is 19.7. The lowest BCUT2D eigenvalue weighted by atomic mass is 10.2. The maximum atomic E-state index is 12.4. The number of hydrogen-bond acceptors (Lipinski definition) is 5. The zero-order chi connectivity index (χ0) is 17.0.